The van der Waals surface area contributed by atoms with Gasteiger partial charge in [0.05, 0.1) is 18.7 Å². The molecule has 0 aromatic heterocycles. The number of amides is 1. The molecule has 1 amide bonds. The number of rotatable bonds is 8. The van der Waals surface area contributed by atoms with E-state index in [4.69, 9.17) is 10.00 Å². The zero-order valence-electron chi connectivity index (χ0n) is 16.1. The summed E-state index contributed by atoms with van der Waals surface area (Å²) in [5, 5.41) is 8.92. The molecule has 0 aliphatic carbocycles. The third-order valence-electron chi connectivity index (χ3n) is 4.10. The lowest BCUT2D eigenvalue weighted by molar-refractivity contribution is -0.126. The van der Waals surface area contributed by atoms with Gasteiger partial charge in [-0.25, -0.2) is 0 Å². The molecule has 0 spiro atoms. The fraction of sp³-hybridized carbons (Fsp3) is 0.273. The van der Waals surface area contributed by atoms with E-state index in [9.17, 15) is 4.79 Å². The molecule has 5 heteroatoms. The fourth-order valence-corrected chi connectivity index (χ4v) is 2.51. The van der Waals surface area contributed by atoms with Gasteiger partial charge in [-0.15, -0.1) is 0 Å². The van der Waals surface area contributed by atoms with Gasteiger partial charge >= 0.3 is 0 Å². The van der Waals surface area contributed by atoms with Crippen molar-refractivity contribution in [1.82, 2.24) is 9.80 Å². The Morgan fingerprint density at radius 2 is 1.89 bits per heavy atom. The van der Waals surface area contributed by atoms with Crippen LogP contribution >= 0.6 is 0 Å². The molecule has 2 rings (SSSR count). The standard InChI is InChI=1S/C22H25N3O2/c1-24(2)13-14-25(17-20-9-7-19(16-23)8-10-20)22(26)12-11-18-5-4-6-21(15-18)27-3/h4-12,15H,13-14,17H2,1-3H3. The van der Waals surface area contributed by atoms with Crippen molar-refractivity contribution in [1.29, 1.82) is 5.26 Å². The van der Waals surface area contributed by atoms with Crippen molar-refractivity contribution < 1.29 is 9.53 Å². The predicted octanol–water partition coefficient (Wildman–Crippen LogP) is 3.17. The van der Waals surface area contributed by atoms with Crippen LogP contribution in [0.5, 0.6) is 5.75 Å². The predicted molar refractivity (Wildman–Crippen MR) is 107 cm³/mol. The Hall–Kier alpha value is -3.10. The van der Waals surface area contributed by atoms with E-state index in [-0.39, 0.29) is 5.91 Å². The number of hydrogen-bond donors (Lipinski definition) is 0. The number of nitrogens with zero attached hydrogens (tertiary/aromatic N) is 3. The molecule has 140 valence electrons. The van der Waals surface area contributed by atoms with Crippen LogP contribution in [0.15, 0.2) is 54.6 Å². The van der Waals surface area contributed by atoms with Crippen LogP contribution in [0, 0.1) is 11.3 Å². The topological polar surface area (TPSA) is 56.6 Å². The minimum absolute atomic E-state index is 0.0518. The average molecular weight is 363 g/mol. The zero-order valence-corrected chi connectivity index (χ0v) is 16.1. The van der Waals surface area contributed by atoms with Crippen molar-refractivity contribution in [2.75, 3.05) is 34.3 Å². The lowest BCUT2D eigenvalue weighted by atomic mass is 10.1. The summed E-state index contributed by atoms with van der Waals surface area (Å²) in [4.78, 5) is 16.6. The molecule has 0 bridgehead atoms. The first kappa shape index (κ1) is 20.2. The summed E-state index contributed by atoms with van der Waals surface area (Å²) in [6.45, 7) is 1.89. The number of hydrogen-bond acceptors (Lipinski definition) is 4. The molecule has 0 saturated carbocycles. The third-order valence-corrected chi connectivity index (χ3v) is 4.10. The molecular weight excluding hydrogens is 338 g/mol. The molecule has 0 aliphatic heterocycles. The second-order valence-electron chi connectivity index (χ2n) is 6.48. The van der Waals surface area contributed by atoms with Crippen molar-refractivity contribution in [3.8, 4) is 11.8 Å². The van der Waals surface area contributed by atoms with Crippen LogP contribution in [0.2, 0.25) is 0 Å². The van der Waals surface area contributed by atoms with Crippen molar-refractivity contribution in [2.45, 2.75) is 6.54 Å². The van der Waals surface area contributed by atoms with Gasteiger partial charge in [-0.2, -0.15) is 5.26 Å². The van der Waals surface area contributed by atoms with Gasteiger partial charge in [-0.05, 0) is 55.6 Å². The zero-order chi connectivity index (χ0) is 19.6. The normalized spacial score (nSPS) is 10.8. The maximum absolute atomic E-state index is 12.7. The number of methoxy groups -OCH3 is 1. The SMILES string of the molecule is COc1cccc(C=CC(=O)N(CCN(C)C)Cc2ccc(C#N)cc2)c1. The van der Waals surface area contributed by atoms with Gasteiger partial charge in [0.15, 0.2) is 0 Å². The van der Waals surface area contributed by atoms with Gasteiger partial charge in [-0.1, -0.05) is 24.3 Å². The van der Waals surface area contributed by atoms with E-state index in [0.717, 1.165) is 23.4 Å². The second kappa shape index (κ2) is 10.1. The largest absolute Gasteiger partial charge is 0.497 e. The molecule has 2 aromatic rings. The van der Waals surface area contributed by atoms with E-state index in [2.05, 4.69) is 6.07 Å². The number of carbonyl (C=O) groups is 1. The highest BCUT2D eigenvalue weighted by molar-refractivity contribution is 5.91. The summed E-state index contributed by atoms with van der Waals surface area (Å²) >= 11 is 0. The molecule has 27 heavy (non-hydrogen) atoms. The number of ether oxygens (including phenoxy) is 1. The summed E-state index contributed by atoms with van der Waals surface area (Å²) in [5.41, 5.74) is 2.52. The van der Waals surface area contributed by atoms with Crippen LogP contribution in [-0.2, 0) is 11.3 Å². The van der Waals surface area contributed by atoms with Crippen LogP contribution in [-0.4, -0.2) is 50.0 Å². The summed E-state index contributed by atoms with van der Waals surface area (Å²) in [7, 11) is 5.58. The van der Waals surface area contributed by atoms with Gasteiger partial charge < -0.3 is 14.5 Å². The Labute approximate surface area is 161 Å². The molecular formula is C22H25N3O2. The van der Waals surface area contributed by atoms with Gasteiger partial charge in [0.1, 0.15) is 5.75 Å². The molecule has 0 atom stereocenters. The van der Waals surface area contributed by atoms with Gasteiger partial charge in [0.25, 0.3) is 0 Å². The van der Waals surface area contributed by atoms with Gasteiger partial charge in [-0.3, -0.25) is 4.79 Å². The number of benzene rings is 2. The summed E-state index contributed by atoms with van der Waals surface area (Å²) < 4.78 is 5.21. The molecule has 0 N–H and O–H groups in total. The minimum Gasteiger partial charge on any atom is -0.497 e. The number of carbonyl (C=O) groups excluding carboxylic acids is 1. The molecule has 0 unspecified atom stereocenters. The molecule has 0 aliphatic rings. The highest BCUT2D eigenvalue weighted by atomic mass is 16.5. The monoisotopic (exact) mass is 363 g/mol. The quantitative estimate of drug-likeness (QED) is 0.676. The Morgan fingerprint density at radius 3 is 2.52 bits per heavy atom. The van der Waals surface area contributed by atoms with Crippen LogP contribution in [0.4, 0.5) is 0 Å². The Kier molecular flexibility index (Phi) is 7.60. The van der Waals surface area contributed by atoms with Gasteiger partial charge in [0, 0.05) is 25.7 Å². The van der Waals surface area contributed by atoms with Crippen LogP contribution in [0.3, 0.4) is 0 Å². The lowest BCUT2D eigenvalue weighted by Crippen LogP contribution is -2.35. The summed E-state index contributed by atoms with van der Waals surface area (Å²) in [6, 6.07) is 17.0. The maximum Gasteiger partial charge on any atom is 0.246 e. The van der Waals surface area contributed by atoms with Crippen molar-refractivity contribution in [2.24, 2.45) is 0 Å². The average Bonchev–Trinajstić information content (AvgIpc) is 2.69. The maximum atomic E-state index is 12.7. The third kappa shape index (κ3) is 6.61. The molecule has 0 fully saturated rings. The number of likely N-dealkylation sites (N-methyl/N-ethyl adjacent to an activating group) is 1. The molecule has 5 nitrogen and oxygen atoms in total. The molecule has 2 aromatic carbocycles. The second-order valence-corrected chi connectivity index (χ2v) is 6.48. The van der Waals surface area contributed by atoms with Crippen molar-refractivity contribution in [3.05, 3.63) is 71.3 Å². The molecule has 0 radical (unpaired) electrons. The van der Waals surface area contributed by atoms with Crippen LogP contribution in [0.25, 0.3) is 6.08 Å². The van der Waals surface area contributed by atoms with E-state index < -0.39 is 0 Å². The first-order valence-corrected chi connectivity index (χ1v) is 8.76. The van der Waals surface area contributed by atoms with E-state index in [1.54, 1.807) is 36.3 Å². The van der Waals surface area contributed by atoms with E-state index in [1.807, 2.05) is 55.4 Å². The molecule has 0 saturated heterocycles. The van der Waals surface area contributed by atoms with Crippen molar-refractivity contribution >= 4 is 12.0 Å². The Bertz CT molecular complexity index is 820. The number of nitriles is 1. The first-order chi connectivity index (χ1) is 13.0. The molecule has 0 heterocycles. The minimum atomic E-state index is -0.0518. The Balaban J connectivity index is 2.12. The fourth-order valence-electron chi connectivity index (χ4n) is 2.51. The van der Waals surface area contributed by atoms with Crippen molar-refractivity contribution in [3.63, 3.8) is 0 Å². The summed E-state index contributed by atoms with van der Waals surface area (Å²) in [5.74, 6) is 0.704. The van der Waals surface area contributed by atoms with Gasteiger partial charge in [0.2, 0.25) is 5.91 Å². The van der Waals surface area contributed by atoms with E-state index >= 15 is 0 Å². The Morgan fingerprint density at radius 1 is 1.15 bits per heavy atom. The van der Waals surface area contributed by atoms with E-state index in [1.165, 1.54) is 0 Å². The van der Waals surface area contributed by atoms with Crippen LogP contribution in [0.1, 0.15) is 16.7 Å². The lowest BCUT2D eigenvalue weighted by Gasteiger charge is -2.23. The van der Waals surface area contributed by atoms with E-state index in [0.29, 0.717) is 18.7 Å². The summed E-state index contributed by atoms with van der Waals surface area (Å²) in [6.07, 6.45) is 3.39. The van der Waals surface area contributed by atoms with Crippen LogP contribution < -0.4 is 4.74 Å². The highest BCUT2D eigenvalue weighted by Gasteiger charge is 2.12. The smallest absolute Gasteiger partial charge is 0.246 e. The first-order valence-electron chi connectivity index (χ1n) is 8.76. The highest BCUT2D eigenvalue weighted by Crippen LogP contribution is 2.14.